The molecule has 2 aliphatic rings. The van der Waals surface area contributed by atoms with Gasteiger partial charge in [0.25, 0.3) is 6.71 Å². The van der Waals surface area contributed by atoms with Crippen molar-refractivity contribution in [2.24, 2.45) is 0 Å². The molecule has 0 amide bonds. The summed E-state index contributed by atoms with van der Waals surface area (Å²) in [6, 6.07) is 74.6. The van der Waals surface area contributed by atoms with E-state index in [2.05, 4.69) is 261 Å². The molecule has 0 N–H and O–H groups in total. The van der Waals surface area contributed by atoms with Crippen molar-refractivity contribution in [3.05, 3.63) is 211 Å². The Morgan fingerprint density at radius 2 is 0.815 bits per heavy atom. The number of para-hydroxylation sites is 4. The predicted molar refractivity (Wildman–Crippen MR) is 277 cm³/mol. The molecule has 2 aliphatic heterocycles. The first-order chi connectivity index (χ1) is 31.6. The molecule has 0 radical (unpaired) electrons. The van der Waals surface area contributed by atoms with Crippen LogP contribution in [-0.4, -0.2) is 15.8 Å². The summed E-state index contributed by atoms with van der Waals surface area (Å²) >= 11 is 0. The van der Waals surface area contributed by atoms with Crippen LogP contribution in [-0.2, 0) is 10.8 Å². The summed E-state index contributed by atoms with van der Waals surface area (Å²) < 4.78 is 5.09. The third-order valence-electron chi connectivity index (χ3n) is 13.8. The van der Waals surface area contributed by atoms with E-state index in [9.17, 15) is 0 Å². The summed E-state index contributed by atoms with van der Waals surface area (Å²) in [5, 5.41) is 2.47. The number of fused-ring (bicyclic) bond motifs is 8. The highest BCUT2D eigenvalue weighted by molar-refractivity contribution is 7.01. The molecule has 65 heavy (non-hydrogen) atoms. The summed E-state index contributed by atoms with van der Waals surface area (Å²) in [6.07, 6.45) is 0. The summed E-state index contributed by atoms with van der Waals surface area (Å²) in [7, 11) is 0. The molecule has 2 aromatic heterocycles. The highest BCUT2D eigenvalue weighted by atomic mass is 15.3. The van der Waals surface area contributed by atoms with Gasteiger partial charge in [-0.05, 0) is 122 Å². The van der Waals surface area contributed by atoms with E-state index >= 15 is 0 Å². The maximum Gasteiger partial charge on any atom is 0.276 e. The fraction of sp³-hybridized carbons (Fsp3) is 0.133. The topological polar surface area (TPSA) is 16.3 Å². The van der Waals surface area contributed by atoms with Crippen molar-refractivity contribution in [3.8, 4) is 22.5 Å². The first-order valence-corrected chi connectivity index (χ1v) is 23.0. The van der Waals surface area contributed by atoms with Gasteiger partial charge in [0.2, 0.25) is 0 Å². The molecular formula is C60H51BN4. The van der Waals surface area contributed by atoms with Gasteiger partial charge < -0.3 is 9.47 Å². The fourth-order valence-electron chi connectivity index (χ4n) is 10.7. The van der Waals surface area contributed by atoms with E-state index < -0.39 is 0 Å². The lowest BCUT2D eigenvalue weighted by molar-refractivity contribution is 0.590. The lowest BCUT2D eigenvalue weighted by atomic mass is 9.35. The Kier molecular flexibility index (Phi) is 8.74. The van der Waals surface area contributed by atoms with E-state index in [0.29, 0.717) is 0 Å². The van der Waals surface area contributed by atoms with E-state index in [1.807, 2.05) is 0 Å². The second-order valence-corrected chi connectivity index (χ2v) is 19.8. The van der Waals surface area contributed by atoms with E-state index in [1.54, 1.807) is 0 Å². The molecule has 4 nitrogen and oxygen atoms in total. The molecular weight excluding hydrogens is 787 g/mol. The largest absolute Gasteiger partial charge is 0.319 e. The molecule has 0 saturated carbocycles. The van der Waals surface area contributed by atoms with Crippen molar-refractivity contribution in [2.75, 3.05) is 9.80 Å². The smallest absolute Gasteiger partial charge is 0.276 e. The van der Waals surface area contributed by atoms with Crippen LogP contribution in [0, 0.1) is 0 Å². The van der Waals surface area contributed by atoms with Gasteiger partial charge in [-0.1, -0.05) is 169 Å². The predicted octanol–water partition coefficient (Wildman–Crippen LogP) is 13.9. The Balaban J connectivity index is 1.29. The lowest BCUT2D eigenvalue weighted by Gasteiger charge is -2.43. The molecule has 314 valence electrons. The third-order valence-corrected chi connectivity index (χ3v) is 13.8. The van der Waals surface area contributed by atoms with Gasteiger partial charge in [0.15, 0.2) is 0 Å². The van der Waals surface area contributed by atoms with Crippen LogP contribution in [0.15, 0.2) is 200 Å². The van der Waals surface area contributed by atoms with E-state index in [0.717, 1.165) is 28.6 Å². The Bertz CT molecular complexity index is 3420. The van der Waals surface area contributed by atoms with Gasteiger partial charge in [0.05, 0.1) is 16.7 Å². The quantitative estimate of drug-likeness (QED) is 0.161. The zero-order valence-corrected chi connectivity index (χ0v) is 37.9. The standard InChI is InChI=1S/C60H51BN4/c1-59(2,3)42-30-34-46(35-31-42)62-52-38-41(40-20-10-7-11-21-40)39-53-55(52)61(57-56(62)49-27-17-19-29-51(49)63(57)44-22-12-8-13-23-44)54-48-26-16-18-28-50(48)64(45-24-14-9-15-25-45)58(54)65(53)47-36-32-43(33-37-47)60(4,5)6/h7-39H,1-6H3. The number of hydrogen-bond acceptors (Lipinski definition) is 2. The second-order valence-electron chi connectivity index (χ2n) is 19.8. The van der Waals surface area contributed by atoms with E-state index in [1.165, 1.54) is 77.6 Å². The van der Waals surface area contributed by atoms with Crippen molar-refractivity contribution in [1.29, 1.82) is 0 Å². The Morgan fingerprint density at radius 1 is 0.369 bits per heavy atom. The van der Waals surface area contributed by atoms with Gasteiger partial charge in [-0.3, -0.25) is 9.47 Å². The van der Waals surface area contributed by atoms with Crippen LogP contribution in [0.4, 0.5) is 34.3 Å². The normalized spacial score (nSPS) is 13.3. The van der Waals surface area contributed by atoms with Crippen molar-refractivity contribution >= 4 is 79.3 Å². The highest BCUT2D eigenvalue weighted by Gasteiger charge is 2.49. The van der Waals surface area contributed by atoms with Gasteiger partial charge in [-0.15, -0.1) is 0 Å². The van der Waals surface area contributed by atoms with Gasteiger partial charge in [-0.2, -0.15) is 0 Å². The number of anilines is 6. The molecule has 0 unspecified atom stereocenters. The van der Waals surface area contributed by atoms with E-state index in [4.69, 9.17) is 0 Å². The minimum Gasteiger partial charge on any atom is -0.319 e. The first kappa shape index (κ1) is 39.1. The molecule has 10 aromatic rings. The highest BCUT2D eigenvalue weighted by Crippen LogP contribution is 2.50. The summed E-state index contributed by atoms with van der Waals surface area (Å²) in [5.74, 6) is 1.16. The molecule has 0 spiro atoms. The van der Waals surface area contributed by atoms with Crippen molar-refractivity contribution < 1.29 is 0 Å². The number of hydrogen-bond donors (Lipinski definition) is 0. The van der Waals surface area contributed by atoms with Gasteiger partial charge in [-0.25, -0.2) is 0 Å². The van der Waals surface area contributed by atoms with Gasteiger partial charge >= 0.3 is 0 Å². The molecule has 0 aliphatic carbocycles. The van der Waals surface area contributed by atoms with Crippen molar-refractivity contribution in [1.82, 2.24) is 9.13 Å². The summed E-state index contributed by atoms with van der Waals surface area (Å²) in [5.41, 5.74) is 19.3. The molecule has 0 bridgehead atoms. The van der Waals surface area contributed by atoms with Crippen LogP contribution < -0.4 is 26.3 Å². The zero-order valence-electron chi connectivity index (χ0n) is 37.9. The monoisotopic (exact) mass is 838 g/mol. The molecule has 5 heteroatoms. The minimum atomic E-state index is -0.146. The number of rotatable bonds is 5. The van der Waals surface area contributed by atoms with Crippen LogP contribution >= 0.6 is 0 Å². The average Bonchev–Trinajstić information content (AvgIpc) is 3.85. The molecule has 12 rings (SSSR count). The third kappa shape index (κ3) is 6.05. The van der Waals surface area contributed by atoms with Crippen LogP contribution in [0.2, 0.25) is 0 Å². The molecule has 8 aromatic carbocycles. The van der Waals surface area contributed by atoms with Gasteiger partial charge in [0, 0.05) is 45.1 Å². The van der Waals surface area contributed by atoms with Crippen molar-refractivity contribution in [3.63, 3.8) is 0 Å². The van der Waals surface area contributed by atoms with Crippen LogP contribution in [0.3, 0.4) is 0 Å². The number of aromatic nitrogens is 2. The Labute approximate surface area is 382 Å². The lowest BCUT2D eigenvalue weighted by Crippen LogP contribution is -2.62. The molecule has 4 heterocycles. The number of nitrogens with zero attached hydrogens (tertiary/aromatic N) is 4. The Hall–Kier alpha value is -7.50. The first-order valence-electron chi connectivity index (χ1n) is 23.0. The molecule has 0 atom stereocenters. The minimum absolute atomic E-state index is 0.00625. The maximum atomic E-state index is 2.59. The Morgan fingerprint density at radius 3 is 1.37 bits per heavy atom. The van der Waals surface area contributed by atoms with Gasteiger partial charge in [0.1, 0.15) is 5.82 Å². The SMILES string of the molecule is CC(C)(C)c1ccc(N2c3cc(-c4ccccc4)cc4c3B(c3c(n(-c5ccccc5)c5ccccc35)N4c3ccc(C(C)(C)C)cc3)c3c2c2ccccc2n3-c2ccccc2)cc1. The zero-order chi connectivity index (χ0) is 44.2. The van der Waals surface area contributed by atoms with E-state index in [-0.39, 0.29) is 17.5 Å². The maximum absolute atomic E-state index is 2.59. The summed E-state index contributed by atoms with van der Waals surface area (Å²) in [6.45, 7) is 13.6. The second kappa shape index (κ2) is 14.5. The average molecular weight is 839 g/mol. The van der Waals surface area contributed by atoms with Crippen LogP contribution in [0.1, 0.15) is 52.7 Å². The van der Waals surface area contributed by atoms with Crippen LogP contribution in [0.5, 0.6) is 0 Å². The summed E-state index contributed by atoms with van der Waals surface area (Å²) in [4.78, 5) is 5.17. The van der Waals surface area contributed by atoms with Crippen molar-refractivity contribution in [2.45, 2.75) is 52.4 Å². The number of benzene rings is 8. The molecule has 0 saturated heterocycles. The fourth-order valence-corrected chi connectivity index (χ4v) is 10.7. The van der Waals surface area contributed by atoms with Crippen LogP contribution in [0.25, 0.3) is 44.3 Å². The molecule has 0 fully saturated rings.